The van der Waals surface area contributed by atoms with Crippen LogP contribution in [0.25, 0.3) is 0 Å². The Morgan fingerprint density at radius 2 is 2.00 bits per heavy atom. The maximum absolute atomic E-state index is 12.2. The Bertz CT molecular complexity index is 917. The third-order valence-corrected chi connectivity index (χ3v) is 4.59. The Labute approximate surface area is 137 Å². The van der Waals surface area contributed by atoms with Crippen LogP contribution in [0.1, 0.15) is 5.56 Å². The maximum Gasteiger partial charge on any atom is 0.283 e. The predicted octanol–water partition coefficient (Wildman–Crippen LogP) is 0.909. The molecular formula is C12H12ClN7O2S. The highest BCUT2D eigenvalue weighted by Gasteiger charge is 2.20. The zero-order valence-electron chi connectivity index (χ0n) is 12.0. The zero-order valence-corrected chi connectivity index (χ0v) is 13.5. The van der Waals surface area contributed by atoms with Gasteiger partial charge >= 0.3 is 0 Å². The van der Waals surface area contributed by atoms with Gasteiger partial charge in [0.25, 0.3) is 16.0 Å². The molecule has 0 aliphatic rings. The second-order valence-corrected chi connectivity index (χ2v) is 6.76. The minimum atomic E-state index is -3.83. The first kappa shape index (κ1) is 15.4. The van der Waals surface area contributed by atoms with Crippen LogP contribution in [0, 0.1) is 0 Å². The van der Waals surface area contributed by atoms with Gasteiger partial charge in [0.1, 0.15) is 6.33 Å². The van der Waals surface area contributed by atoms with E-state index in [1.54, 1.807) is 12.1 Å². The molecule has 0 aliphatic carbocycles. The van der Waals surface area contributed by atoms with Gasteiger partial charge in [-0.2, -0.15) is 13.4 Å². The lowest BCUT2D eigenvalue weighted by Gasteiger charge is -2.03. The summed E-state index contributed by atoms with van der Waals surface area (Å²) in [6.45, 7) is 0.444. The van der Waals surface area contributed by atoms with Crippen molar-refractivity contribution in [2.45, 2.75) is 11.6 Å². The summed E-state index contributed by atoms with van der Waals surface area (Å²) in [6.07, 6.45) is 2.58. The lowest BCUT2D eigenvalue weighted by atomic mass is 10.2. The molecule has 9 nitrogen and oxygen atoms in total. The minimum Gasteiger partial charge on any atom is -0.246 e. The summed E-state index contributed by atoms with van der Waals surface area (Å²) in [5, 5.41) is 11.8. The first-order valence-electron chi connectivity index (χ1n) is 6.45. The van der Waals surface area contributed by atoms with Crippen LogP contribution in [-0.4, -0.2) is 38.2 Å². The Morgan fingerprint density at radius 1 is 1.26 bits per heavy atom. The third-order valence-electron chi connectivity index (χ3n) is 2.97. The molecule has 0 unspecified atom stereocenters. The van der Waals surface area contributed by atoms with Crippen molar-refractivity contribution in [2.24, 2.45) is 7.05 Å². The van der Waals surface area contributed by atoms with Crippen molar-refractivity contribution in [3.63, 3.8) is 0 Å². The van der Waals surface area contributed by atoms with Crippen molar-refractivity contribution in [3.05, 3.63) is 47.4 Å². The summed E-state index contributed by atoms with van der Waals surface area (Å²) in [6, 6.07) is 7.25. The van der Waals surface area contributed by atoms with E-state index < -0.39 is 10.0 Å². The SMILES string of the molecule is Cn1nncc1S(=O)(=O)Nc1ncn(Cc2ccc(Cl)cc2)n1. The topological polar surface area (TPSA) is 108 Å². The fraction of sp³-hybridized carbons (Fsp3) is 0.167. The van der Waals surface area contributed by atoms with Gasteiger partial charge in [0.15, 0.2) is 5.03 Å². The van der Waals surface area contributed by atoms with E-state index in [0.29, 0.717) is 11.6 Å². The molecule has 120 valence electrons. The van der Waals surface area contributed by atoms with Gasteiger partial charge in [0.05, 0.1) is 12.7 Å². The first-order chi connectivity index (χ1) is 10.9. The van der Waals surface area contributed by atoms with Gasteiger partial charge in [0, 0.05) is 12.1 Å². The summed E-state index contributed by atoms with van der Waals surface area (Å²) in [7, 11) is -2.35. The largest absolute Gasteiger partial charge is 0.283 e. The van der Waals surface area contributed by atoms with E-state index in [1.165, 1.54) is 18.1 Å². The number of rotatable bonds is 5. The van der Waals surface area contributed by atoms with Crippen LogP contribution in [-0.2, 0) is 23.6 Å². The van der Waals surface area contributed by atoms with Gasteiger partial charge in [-0.05, 0) is 17.7 Å². The number of sulfonamides is 1. The van der Waals surface area contributed by atoms with Crippen molar-refractivity contribution in [1.29, 1.82) is 0 Å². The van der Waals surface area contributed by atoms with E-state index in [4.69, 9.17) is 11.6 Å². The van der Waals surface area contributed by atoms with Crippen molar-refractivity contribution >= 4 is 27.6 Å². The molecular weight excluding hydrogens is 342 g/mol. The van der Waals surface area contributed by atoms with Crippen LogP contribution in [0.5, 0.6) is 0 Å². The second-order valence-electron chi connectivity index (χ2n) is 4.69. The summed E-state index contributed by atoms with van der Waals surface area (Å²) in [5.74, 6) is -0.0276. The normalized spacial score (nSPS) is 11.6. The summed E-state index contributed by atoms with van der Waals surface area (Å²) < 4.78 is 29.3. The summed E-state index contributed by atoms with van der Waals surface area (Å²) in [4.78, 5) is 3.94. The zero-order chi connectivity index (χ0) is 16.4. The number of aryl methyl sites for hydroxylation is 1. The molecule has 0 bridgehead atoms. The number of halogens is 1. The molecule has 0 amide bonds. The standard InChI is InChI=1S/C12H12ClN7O2S/c1-19-11(6-15-18-19)23(21,22)17-12-14-8-20(16-12)7-9-2-4-10(13)5-3-9/h2-6,8H,7H2,1H3,(H,16,17). The predicted molar refractivity (Wildman–Crippen MR) is 82.4 cm³/mol. The highest BCUT2D eigenvalue weighted by Crippen LogP contribution is 2.12. The lowest BCUT2D eigenvalue weighted by molar-refractivity contribution is 0.578. The van der Waals surface area contributed by atoms with Crippen LogP contribution in [0.3, 0.4) is 0 Å². The fourth-order valence-electron chi connectivity index (χ4n) is 1.89. The van der Waals surface area contributed by atoms with Gasteiger partial charge in [-0.15, -0.1) is 10.2 Å². The van der Waals surface area contributed by atoms with Gasteiger partial charge in [-0.1, -0.05) is 28.9 Å². The highest BCUT2D eigenvalue weighted by molar-refractivity contribution is 7.92. The van der Waals surface area contributed by atoms with E-state index in [1.807, 2.05) is 12.1 Å². The molecule has 2 aromatic heterocycles. The Hall–Kier alpha value is -2.46. The monoisotopic (exact) mass is 353 g/mol. The Morgan fingerprint density at radius 3 is 2.65 bits per heavy atom. The van der Waals surface area contributed by atoms with E-state index in [2.05, 4.69) is 25.1 Å². The van der Waals surface area contributed by atoms with Crippen molar-refractivity contribution in [1.82, 2.24) is 29.8 Å². The molecule has 1 N–H and O–H groups in total. The average molecular weight is 354 g/mol. The average Bonchev–Trinajstić information content (AvgIpc) is 3.10. The quantitative estimate of drug-likeness (QED) is 0.730. The van der Waals surface area contributed by atoms with Crippen LogP contribution < -0.4 is 4.72 Å². The number of anilines is 1. The molecule has 0 spiro atoms. The Balaban J connectivity index is 1.75. The highest BCUT2D eigenvalue weighted by atomic mass is 35.5. The van der Waals surface area contributed by atoms with Crippen LogP contribution >= 0.6 is 11.6 Å². The lowest BCUT2D eigenvalue weighted by Crippen LogP contribution is -2.17. The molecule has 1 aromatic carbocycles. The first-order valence-corrected chi connectivity index (χ1v) is 8.31. The van der Waals surface area contributed by atoms with E-state index >= 15 is 0 Å². The van der Waals surface area contributed by atoms with Crippen LogP contribution in [0.15, 0.2) is 41.8 Å². The van der Waals surface area contributed by atoms with Gasteiger partial charge in [-0.3, -0.25) is 0 Å². The molecule has 0 saturated heterocycles. The second kappa shape index (κ2) is 5.97. The van der Waals surface area contributed by atoms with Gasteiger partial charge in [0.2, 0.25) is 0 Å². The van der Waals surface area contributed by atoms with Crippen molar-refractivity contribution in [3.8, 4) is 0 Å². The van der Waals surface area contributed by atoms with E-state index in [-0.39, 0.29) is 11.0 Å². The van der Waals surface area contributed by atoms with Crippen molar-refractivity contribution < 1.29 is 8.42 Å². The molecule has 3 rings (SSSR count). The number of hydrogen-bond acceptors (Lipinski definition) is 6. The molecule has 0 atom stereocenters. The number of nitrogens with zero attached hydrogens (tertiary/aromatic N) is 6. The molecule has 23 heavy (non-hydrogen) atoms. The number of benzene rings is 1. The molecule has 0 fully saturated rings. The maximum atomic E-state index is 12.2. The van der Waals surface area contributed by atoms with Gasteiger partial charge < -0.3 is 0 Å². The summed E-state index contributed by atoms with van der Waals surface area (Å²) >= 11 is 5.83. The third kappa shape index (κ3) is 3.48. The number of hydrogen-bond donors (Lipinski definition) is 1. The molecule has 0 radical (unpaired) electrons. The fourth-order valence-corrected chi connectivity index (χ4v) is 3.03. The molecule has 0 aliphatic heterocycles. The van der Waals surface area contributed by atoms with Crippen molar-refractivity contribution in [2.75, 3.05) is 4.72 Å². The smallest absolute Gasteiger partial charge is 0.246 e. The van der Waals surface area contributed by atoms with E-state index in [9.17, 15) is 8.42 Å². The summed E-state index contributed by atoms with van der Waals surface area (Å²) in [5.41, 5.74) is 0.963. The number of aromatic nitrogens is 6. The molecule has 11 heteroatoms. The molecule has 0 saturated carbocycles. The molecule has 3 aromatic rings. The Kier molecular flexibility index (Phi) is 4.01. The van der Waals surface area contributed by atoms with Gasteiger partial charge in [-0.25, -0.2) is 14.1 Å². The minimum absolute atomic E-state index is 0.0276. The number of nitrogens with one attached hydrogen (secondary N) is 1. The van der Waals surface area contributed by atoms with E-state index in [0.717, 1.165) is 16.4 Å². The van der Waals surface area contributed by atoms with Crippen LogP contribution in [0.2, 0.25) is 5.02 Å². The van der Waals surface area contributed by atoms with Crippen LogP contribution in [0.4, 0.5) is 5.95 Å². The molecule has 2 heterocycles.